The van der Waals surface area contributed by atoms with Crippen molar-refractivity contribution >= 4 is 10.0 Å². The van der Waals surface area contributed by atoms with Gasteiger partial charge in [0.15, 0.2) is 0 Å². The highest BCUT2D eigenvalue weighted by Crippen LogP contribution is 2.38. The smallest absolute Gasteiger partial charge is 0.243 e. The molecule has 0 spiro atoms. The lowest BCUT2D eigenvalue weighted by molar-refractivity contribution is -0.0761. The van der Waals surface area contributed by atoms with Crippen molar-refractivity contribution in [2.75, 3.05) is 13.1 Å². The van der Waals surface area contributed by atoms with Gasteiger partial charge in [0.05, 0.1) is 28.7 Å². The van der Waals surface area contributed by atoms with E-state index in [1.807, 2.05) is 6.07 Å². The van der Waals surface area contributed by atoms with Gasteiger partial charge in [0.1, 0.15) is 0 Å². The number of ether oxygens (including phenoxy) is 1. The summed E-state index contributed by atoms with van der Waals surface area (Å²) in [6.45, 7) is 2.96. The molecule has 0 radical (unpaired) electrons. The van der Waals surface area contributed by atoms with E-state index in [-0.39, 0.29) is 17.1 Å². The minimum atomic E-state index is -3.59. The molecule has 2 fully saturated rings. The van der Waals surface area contributed by atoms with Crippen LogP contribution in [-0.2, 0) is 14.8 Å². The minimum Gasteiger partial charge on any atom is -0.372 e. The normalized spacial score (nSPS) is 25.3. The molecular weight excluding hydrogens is 324 g/mol. The van der Waals surface area contributed by atoms with Crippen LogP contribution in [-0.4, -0.2) is 38.0 Å². The van der Waals surface area contributed by atoms with Crippen LogP contribution < -0.4 is 0 Å². The maximum absolute atomic E-state index is 13.0. The molecule has 1 heterocycles. The summed E-state index contributed by atoms with van der Waals surface area (Å²) in [7, 11) is -3.59. The Bertz CT molecular complexity index is 722. The predicted octanol–water partition coefficient (Wildman–Crippen LogP) is 2.92. The number of unbranched alkanes of at least 4 members (excludes halogenated alkanes) is 1. The first-order valence-corrected chi connectivity index (χ1v) is 10.1. The second kappa shape index (κ2) is 7.22. The standard InChI is InChI=1S/C18H24N2O3S/c1-2-3-6-16-12-20(13-18(23-16)15-8-9-15)24(21,22)17-7-4-5-14(10-17)11-19/h4-5,7,10,15-16,18H,2-3,6,8-9,12-13H2,1H3/t16-,18-/m1/s1. The Morgan fingerprint density at radius 3 is 2.79 bits per heavy atom. The lowest BCUT2D eigenvalue weighted by Gasteiger charge is -2.37. The van der Waals surface area contributed by atoms with Crippen molar-refractivity contribution in [3.8, 4) is 6.07 Å². The van der Waals surface area contributed by atoms with Gasteiger partial charge in [-0.15, -0.1) is 0 Å². The van der Waals surface area contributed by atoms with Crippen molar-refractivity contribution in [3.63, 3.8) is 0 Å². The number of nitriles is 1. The van der Waals surface area contributed by atoms with Crippen molar-refractivity contribution in [2.45, 2.75) is 56.1 Å². The van der Waals surface area contributed by atoms with Crippen LogP contribution in [0, 0.1) is 17.2 Å². The molecule has 0 bridgehead atoms. The zero-order valence-electron chi connectivity index (χ0n) is 14.0. The van der Waals surface area contributed by atoms with Crippen molar-refractivity contribution in [2.24, 2.45) is 5.92 Å². The Balaban J connectivity index is 1.83. The highest BCUT2D eigenvalue weighted by molar-refractivity contribution is 7.89. The van der Waals surface area contributed by atoms with Crippen LogP contribution in [0.4, 0.5) is 0 Å². The molecule has 2 atom stereocenters. The van der Waals surface area contributed by atoms with E-state index in [2.05, 4.69) is 6.92 Å². The number of nitrogens with zero attached hydrogens (tertiary/aromatic N) is 2. The largest absolute Gasteiger partial charge is 0.372 e. The number of benzene rings is 1. The summed E-state index contributed by atoms with van der Waals surface area (Å²) in [5, 5.41) is 9.02. The summed E-state index contributed by atoms with van der Waals surface area (Å²) in [4.78, 5) is 0.201. The van der Waals surface area contributed by atoms with E-state index in [0.717, 1.165) is 32.1 Å². The molecule has 24 heavy (non-hydrogen) atoms. The summed E-state index contributed by atoms with van der Waals surface area (Å²) in [5.41, 5.74) is 0.366. The molecule has 5 nitrogen and oxygen atoms in total. The number of hydrogen-bond donors (Lipinski definition) is 0. The zero-order chi connectivity index (χ0) is 17.2. The van der Waals surface area contributed by atoms with Gasteiger partial charge in [-0.05, 0) is 43.4 Å². The van der Waals surface area contributed by atoms with Gasteiger partial charge < -0.3 is 4.74 Å². The predicted molar refractivity (Wildman–Crippen MR) is 90.8 cm³/mol. The fraction of sp³-hybridized carbons (Fsp3) is 0.611. The molecular formula is C18H24N2O3S. The molecule has 0 aromatic heterocycles. The molecule has 0 amide bonds. The third-order valence-electron chi connectivity index (χ3n) is 4.79. The summed E-state index contributed by atoms with van der Waals surface area (Å²) in [6.07, 6.45) is 5.24. The molecule has 0 unspecified atom stereocenters. The SMILES string of the molecule is CCCC[C@@H]1CN(S(=O)(=O)c2cccc(C#N)c2)C[C@H](C2CC2)O1. The minimum absolute atomic E-state index is 0.00882. The van der Waals surface area contributed by atoms with Crippen LogP contribution >= 0.6 is 0 Å². The Morgan fingerprint density at radius 1 is 1.33 bits per heavy atom. The van der Waals surface area contributed by atoms with Crippen LogP contribution in [0.5, 0.6) is 0 Å². The van der Waals surface area contributed by atoms with Gasteiger partial charge >= 0.3 is 0 Å². The molecule has 1 aliphatic heterocycles. The van der Waals surface area contributed by atoms with E-state index in [9.17, 15) is 8.42 Å². The summed E-state index contributed by atoms with van der Waals surface area (Å²) >= 11 is 0. The second-order valence-electron chi connectivity index (χ2n) is 6.74. The van der Waals surface area contributed by atoms with E-state index in [4.69, 9.17) is 10.00 Å². The van der Waals surface area contributed by atoms with Crippen molar-refractivity contribution in [1.29, 1.82) is 5.26 Å². The van der Waals surface area contributed by atoms with E-state index < -0.39 is 10.0 Å². The zero-order valence-corrected chi connectivity index (χ0v) is 14.8. The summed E-state index contributed by atoms with van der Waals surface area (Å²) in [5.74, 6) is 0.498. The Morgan fingerprint density at radius 2 is 2.12 bits per heavy atom. The quantitative estimate of drug-likeness (QED) is 0.792. The first-order valence-electron chi connectivity index (χ1n) is 8.70. The molecule has 1 aliphatic carbocycles. The van der Waals surface area contributed by atoms with Gasteiger partial charge in [-0.1, -0.05) is 25.8 Å². The van der Waals surface area contributed by atoms with Crippen molar-refractivity contribution < 1.29 is 13.2 Å². The van der Waals surface area contributed by atoms with Gasteiger partial charge in [-0.2, -0.15) is 9.57 Å². The van der Waals surface area contributed by atoms with Crippen LogP contribution in [0.15, 0.2) is 29.2 Å². The Hall–Kier alpha value is -1.42. The van der Waals surface area contributed by atoms with E-state index in [1.54, 1.807) is 22.5 Å². The average Bonchev–Trinajstić information content (AvgIpc) is 3.45. The van der Waals surface area contributed by atoms with Gasteiger partial charge in [0.25, 0.3) is 0 Å². The van der Waals surface area contributed by atoms with Gasteiger partial charge in [-0.25, -0.2) is 8.42 Å². The number of rotatable bonds is 6. The van der Waals surface area contributed by atoms with Gasteiger partial charge in [-0.3, -0.25) is 0 Å². The maximum atomic E-state index is 13.0. The molecule has 6 heteroatoms. The Labute approximate surface area is 144 Å². The van der Waals surface area contributed by atoms with Gasteiger partial charge in [0.2, 0.25) is 10.0 Å². The van der Waals surface area contributed by atoms with Crippen LogP contribution in [0.2, 0.25) is 0 Å². The highest BCUT2D eigenvalue weighted by Gasteiger charge is 2.41. The molecule has 1 aromatic carbocycles. The lowest BCUT2D eigenvalue weighted by Crippen LogP contribution is -2.50. The summed E-state index contributed by atoms with van der Waals surface area (Å²) < 4.78 is 33.8. The van der Waals surface area contributed by atoms with E-state index in [1.165, 1.54) is 6.07 Å². The van der Waals surface area contributed by atoms with Crippen LogP contribution in [0.1, 0.15) is 44.6 Å². The highest BCUT2D eigenvalue weighted by atomic mass is 32.2. The van der Waals surface area contributed by atoms with Crippen LogP contribution in [0.3, 0.4) is 0 Å². The third-order valence-corrected chi connectivity index (χ3v) is 6.61. The number of hydrogen-bond acceptors (Lipinski definition) is 4. The van der Waals surface area contributed by atoms with Gasteiger partial charge in [0, 0.05) is 13.1 Å². The summed E-state index contributed by atoms with van der Waals surface area (Å²) in [6, 6.07) is 8.28. The fourth-order valence-electron chi connectivity index (χ4n) is 3.23. The third kappa shape index (κ3) is 3.80. The molecule has 3 rings (SSSR count). The first-order chi connectivity index (χ1) is 11.5. The monoisotopic (exact) mass is 348 g/mol. The fourth-order valence-corrected chi connectivity index (χ4v) is 4.76. The molecule has 1 saturated heterocycles. The lowest BCUT2D eigenvalue weighted by atomic mass is 10.1. The number of sulfonamides is 1. The molecule has 1 aromatic rings. The van der Waals surface area contributed by atoms with Crippen molar-refractivity contribution in [1.82, 2.24) is 4.31 Å². The number of morpholine rings is 1. The Kier molecular flexibility index (Phi) is 5.24. The van der Waals surface area contributed by atoms with E-state index in [0.29, 0.717) is 24.6 Å². The van der Waals surface area contributed by atoms with Crippen LogP contribution in [0.25, 0.3) is 0 Å². The topological polar surface area (TPSA) is 70.4 Å². The van der Waals surface area contributed by atoms with Crippen molar-refractivity contribution in [3.05, 3.63) is 29.8 Å². The molecule has 0 N–H and O–H groups in total. The molecule has 130 valence electrons. The first kappa shape index (κ1) is 17.4. The second-order valence-corrected chi connectivity index (χ2v) is 8.68. The molecule has 1 saturated carbocycles. The van der Waals surface area contributed by atoms with E-state index >= 15 is 0 Å². The molecule has 2 aliphatic rings. The maximum Gasteiger partial charge on any atom is 0.243 e. The average molecular weight is 348 g/mol.